The number of aliphatic hydroxyl groups is 1. The molecule has 0 bridgehead atoms. The van der Waals surface area contributed by atoms with E-state index in [9.17, 15) is 8.42 Å². The summed E-state index contributed by atoms with van der Waals surface area (Å²) in [4.78, 5) is 0. The van der Waals surface area contributed by atoms with Crippen molar-refractivity contribution in [2.24, 2.45) is 0 Å². The Balaban J connectivity index is 2.20. The van der Waals surface area contributed by atoms with Crippen LogP contribution in [-0.4, -0.2) is 31.1 Å². The maximum atomic E-state index is 11.4. The molecular weight excluding hydrogens is 388 g/mol. The minimum atomic E-state index is -2.95. The Morgan fingerprint density at radius 3 is 2.39 bits per heavy atom. The van der Waals surface area contributed by atoms with Crippen LogP contribution in [0.4, 0.5) is 0 Å². The molecule has 2 rings (SSSR count). The van der Waals surface area contributed by atoms with Crippen molar-refractivity contribution in [3.05, 3.63) is 26.6 Å². The van der Waals surface area contributed by atoms with Crippen molar-refractivity contribution in [1.29, 1.82) is 0 Å². The van der Waals surface area contributed by atoms with Gasteiger partial charge in [0.25, 0.3) is 0 Å². The first-order valence-electron chi connectivity index (χ1n) is 5.37. The number of benzene rings is 1. The molecule has 0 radical (unpaired) electrons. The number of hydrogen-bond donors (Lipinski definition) is 1. The number of hydrogen-bond acceptors (Lipinski definition) is 4. The topological polar surface area (TPSA) is 63.6 Å². The van der Waals surface area contributed by atoms with Crippen molar-refractivity contribution >= 4 is 41.7 Å². The van der Waals surface area contributed by atoms with Crippen LogP contribution < -0.4 is 4.74 Å². The second-order valence-electron chi connectivity index (χ2n) is 4.19. The number of rotatable bonds is 3. The molecule has 1 aromatic rings. The van der Waals surface area contributed by atoms with Gasteiger partial charge in [0, 0.05) is 0 Å². The molecule has 1 N–H and O–H groups in total. The van der Waals surface area contributed by atoms with Crippen LogP contribution in [0.1, 0.15) is 12.0 Å². The summed E-state index contributed by atoms with van der Waals surface area (Å²) in [6, 6.07) is 3.51. The maximum Gasteiger partial charge on any atom is 0.154 e. The van der Waals surface area contributed by atoms with Gasteiger partial charge >= 0.3 is 0 Å². The van der Waals surface area contributed by atoms with Gasteiger partial charge < -0.3 is 9.84 Å². The van der Waals surface area contributed by atoms with E-state index in [0.717, 1.165) is 5.56 Å². The average molecular weight is 400 g/mol. The Bertz CT molecular complexity index is 533. The third kappa shape index (κ3) is 3.26. The fourth-order valence-electron chi connectivity index (χ4n) is 1.84. The summed E-state index contributed by atoms with van der Waals surface area (Å²) in [6.45, 7) is -0.0602. The standard InChI is InChI=1S/C11H12Br2O4S/c12-9-3-7(5-14)4-10(13)11(9)17-8-1-2-18(15,16)6-8/h3-4,8,14H,1-2,5-6H2. The first-order valence-corrected chi connectivity index (χ1v) is 8.78. The van der Waals surface area contributed by atoms with E-state index < -0.39 is 9.84 Å². The van der Waals surface area contributed by atoms with E-state index in [1.807, 2.05) is 0 Å². The minimum absolute atomic E-state index is 0.0602. The van der Waals surface area contributed by atoms with Gasteiger partial charge in [0.2, 0.25) is 0 Å². The Morgan fingerprint density at radius 1 is 1.33 bits per heavy atom. The Kier molecular flexibility index (Phi) is 4.36. The highest BCUT2D eigenvalue weighted by Crippen LogP contribution is 2.36. The molecule has 1 unspecified atom stereocenters. The Morgan fingerprint density at radius 2 is 1.94 bits per heavy atom. The molecule has 4 nitrogen and oxygen atoms in total. The summed E-state index contributed by atoms with van der Waals surface area (Å²) < 4.78 is 29.8. The second-order valence-corrected chi connectivity index (χ2v) is 8.13. The van der Waals surface area contributed by atoms with Crippen LogP contribution >= 0.6 is 31.9 Å². The molecule has 0 saturated carbocycles. The van der Waals surface area contributed by atoms with Gasteiger partial charge in [0.15, 0.2) is 9.84 Å². The average Bonchev–Trinajstić information content (AvgIpc) is 2.63. The lowest BCUT2D eigenvalue weighted by molar-refractivity contribution is 0.225. The first kappa shape index (κ1) is 14.3. The normalized spacial score (nSPS) is 22.1. The number of halogens is 2. The van der Waals surface area contributed by atoms with Gasteiger partial charge in [-0.2, -0.15) is 0 Å². The van der Waals surface area contributed by atoms with Gasteiger partial charge in [-0.1, -0.05) is 0 Å². The molecule has 1 aliphatic rings. The smallest absolute Gasteiger partial charge is 0.154 e. The monoisotopic (exact) mass is 398 g/mol. The summed E-state index contributed by atoms with van der Waals surface area (Å²) in [5.74, 6) is 0.823. The van der Waals surface area contributed by atoms with Gasteiger partial charge in [0.1, 0.15) is 11.9 Å². The Hall–Kier alpha value is -0.110. The molecule has 7 heteroatoms. The summed E-state index contributed by atoms with van der Waals surface area (Å²) in [7, 11) is -2.95. The molecule has 1 saturated heterocycles. The van der Waals surface area contributed by atoms with Crippen LogP contribution in [0, 0.1) is 0 Å². The second kappa shape index (κ2) is 5.48. The molecular formula is C11H12Br2O4S. The predicted octanol–water partition coefficient (Wildman–Crippen LogP) is 2.27. The molecule has 1 aliphatic heterocycles. The summed E-state index contributed by atoms with van der Waals surface area (Å²) >= 11 is 6.72. The van der Waals surface area contributed by atoms with Crippen molar-refractivity contribution in [2.75, 3.05) is 11.5 Å². The zero-order valence-corrected chi connectivity index (χ0v) is 13.4. The summed E-state index contributed by atoms with van der Waals surface area (Å²) in [5.41, 5.74) is 0.750. The number of aliphatic hydroxyl groups excluding tert-OH is 1. The fourth-order valence-corrected chi connectivity index (χ4v) is 4.89. The van der Waals surface area contributed by atoms with Gasteiger partial charge in [-0.3, -0.25) is 0 Å². The quantitative estimate of drug-likeness (QED) is 0.846. The lowest BCUT2D eigenvalue weighted by Crippen LogP contribution is -2.18. The van der Waals surface area contributed by atoms with Crippen LogP contribution in [0.15, 0.2) is 21.1 Å². The highest BCUT2D eigenvalue weighted by atomic mass is 79.9. The lowest BCUT2D eigenvalue weighted by atomic mass is 10.2. The molecule has 0 aliphatic carbocycles. The van der Waals surface area contributed by atoms with Crippen LogP contribution in [0.3, 0.4) is 0 Å². The minimum Gasteiger partial charge on any atom is -0.487 e. The molecule has 0 amide bonds. The van der Waals surface area contributed by atoms with Crippen LogP contribution in [-0.2, 0) is 16.4 Å². The molecule has 18 heavy (non-hydrogen) atoms. The number of sulfone groups is 1. The zero-order valence-electron chi connectivity index (χ0n) is 9.40. The SMILES string of the molecule is O=S1(=O)CCC(Oc2c(Br)cc(CO)cc2Br)C1. The molecule has 100 valence electrons. The van der Waals surface area contributed by atoms with Gasteiger partial charge in [0.05, 0.1) is 27.1 Å². The predicted molar refractivity (Wildman–Crippen MR) is 75.5 cm³/mol. The van der Waals surface area contributed by atoms with Crippen LogP contribution in [0.25, 0.3) is 0 Å². The van der Waals surface area contributed by atoms with E-state index in [4.69, 9.17) is 9.84 Å². The van der Waals surface area contributed by atoms with Crippen molar-refractivity contribution in [2.45, 2.75) is 19.1 Å². The first-order chi connectivity index (χ1) is 8.41. The van der Waals surface area contributed by atoms with E-state index in [1.165, 1.54) is 0 Å². The summed E-state index contributed by atoms with van der Waals surface area (Å²) in [6.07, 6.45) is 0.214. The van der Waals surface area contributed by atoms with Crippen molar-refractivity contribution in [1.82, 2.24) is 0 Å². The van der Waals surface area contributed by atoms with Gasteiger partial charge in [-0.15, -0.1) is 0 Å². The van der Waals surface area contributed by atoms with Crippen LogP contribution in [0.2, 0.25) is 0 Å². The Labute approximate surface area is 123 Å². The van der Waals surface area contributed by atoms with E-state index >= 15 is 0 Å². The third-order valence-corrected chi connectivity index (χ3v) is 5.63. The van der Waals surface area contributed by atoms with Crippen molar-refractivity contribution in [3.8, 4) is 5.75 Å². The van der Waals surface area contributed by atoms with Crippen LogP contribution in [0.5, 0.6) is 5.75 Å². The molecule has 0 spiro atoms. The van der Waals surface area contributed by atoms with E-state index in [2.05, 4.69) is 31.9 Å². The van der Waals surface area contributed by atoms with Gasteiger partial charge in [-0.25, -0.2) is 8.42 Å². The van der Waals surface area contributed by atoms with Crippen molar-refractivity contribution < 1.29 is 18.3 Å². The molecule has 1 atom stereocenters. The van der Waals surface area contributed by atoms with E-state index in [-0.39, 0.29) is 24.2 Å². The van der Waals surface area contributed by atoms with E-state index in [0.29, 0.717) is 21.1 Å². The molecule has 1 heterocycles. The third-order valence-electron chi connectivity index (χ3n) is 2.72. The molecule has 1 aromatic carbocycles. The highest BCUT2D eigenvalue weighted by Gasteiger charge is 2.30. The number of ether oxygens (including phenoxy) is 1. The zero-order chi connectivity index (χ0) is 13.3. The van der Waals surface area contributed by atoms with E-state index in [1.54, 1.807) is 12.1 Å². The maximum absolute atomic E-state index is 11.4. The molecule has 1 fully saturated rings. The highest BCUT2D eigenvalue weighted by molar-refractivity contribution is 9.11. The largest absolute Gasteiger partial charge is 0.487 e. The molecule has 0 aromatic heterocycles. The summed E-state index contributed by atoms with van der Waals surface area (Å²) in [5, 5.41) is 9.07. The lowest BCUT2D eigenvalue weighted by Gasteiger charge is -2.16. The fraction of sp³-hybridized carbons (Fsp3) is 0.455. The van der Waals surface area contributed by atoms with Crippen molar-refractivity contribution in [3.63, 3.8) is 0 Å². The van der Waals surface area contributed by atoms with Gasteiger partial charge in [-0.05, 0) is 56.0 Å².